The average Bonchev–Trinajstić information content (AvgIpc) is 2.27. The molecule has 1 aliphatic carbocycles. The first-order chi connectivity index (χ1) is 6.11. The molecule has 2 N–H and O–H groups in total. The highest BCUT2D eigenvalue weighted by Crippen LogP contribution is 2.22. The summed E-state index contributed by atoms with van der Waals surface area (Å²) in [6.07, 6.45) is 3.59. The number of carboxylic acid groups (broad SMARTS) is 2. The summed E-state index contributed by atoms with van der Waals surface area (Å²) in [5.74, 6) is -2.16. The zero-order valence-electron chi connectivity index (χ0n) is 7.19. The molecule has 4 heteroatoms. The first-order valence-electron chi connectivity index (χ1n) is 4.26. The van der Waals surface area contributed by atoms with Gasteiger partial charge in [0.15, 0.2) is 0 Å². The second kappa shape index (κ2) is 4.07. The van der Waals surface area contributed by atoms with Crippen LogP contribution in [0.3, 0.4) is 0 Å². The van der Waals surface area contributed by atoms with Crippen molar-refractivity contribution in [1.29, 1.82) is 0 Å². The molecule has 0 saturated carbocycles. The highest BCUT2D eigenvalue weighted by Gasteiger charge is 2.20. The van der Waals surface area contributed by atoms with E-state index in [2.05, 4.69) is 0 Å². The van der Waals surface area contributed by atoms with Gasteiger partial charge in [-0.25, -0.2) is 4.79 Å². The number of carbonyl (C=O) groups is 2. The molecule has 0 aromatic heterocycles. The standard InChI is InChI=1S/C9H12O4/c10-8(11)6-2-1-3-7(5-4-6)9(12)13/h4,7H,1-3,5H2,(H,10,11)(H,12,13). The van der Waals surface area contributed by atoms with Gasteiger partial charge in [-0.05, 0) is 25.7 Å². The van der Waals surface area contributed by atoms with Crippen LogP contribution in [0.1, 0.15) is 25.7 Å². The molecular formula is C9H12O4. The fourth-order valence-corrected chi connectivity index (χ4v) is 1.46. The van der Waals surface area contributed by atoms with E-state index in [1.807, 2.05) is 0 Å². The predicted octanol–water partition coefficient (Wildman–Crippen LogP) is 1.27. The van der Waals surface area contributed by atoms with Crippen LogP contribution in [0.15, 0.2) is 11.6 Å². The van der Waals surface area contributed by atoms with Crippen molar-refractivity contribution in [3.8, 4) is 0 Å². The second-order valence-corrected chi connectivity index (χ2v) is 3.20. The second-order valence-electron chi connectivity index (χ2n) is 3.20. The van der Waals surface area contributed by atoms with Gasteiger partial charge in [-0.1, -0.05) is 6.08 Å². The Kier molecular flexibility index (Phi) is 3.06. The Morgan fingerprint density at radius 3 is 2.62 bits per heavy atom. The smallest absolute Gasteiger partial charge is 0.331 e. The molecule has 1 aliphatic rings. The van der Waals surface area contributed by atoms with E-state index in [1.165, 1.54) is 6.08 Å². The number of hydrogen-bond donors (Lipinski definition) is 2. The average molecular weight is 184 g/mol. The summed E-state index contributed by atoms with van der Waals surface area (Å²) in [4.78, 5) is 21.2. The quantitative estimate of drug-likeness (QED) is 0.677. The van der Waals surface area contributed by atoms with Crippen molar-refractivity contribution in [2.75, 3.05) is 0 Å². The van der Waals surface area contributed by atoms with E-state index in [-0.39, 0.29) is 0 Å². The van der Waals surface area contributed by atoms with Crippen LogP contribution in [0.25, 0.3) is 0 Å². The van der Waals surface area contributed by atoms with Gasteiger partial charge in [0, 0.05) is 5.57 Å². The Balaban J connectivity index is 2.65. The molecule has 1 unspecified atom stereocenters. The van der Waals surface area contributed by atoms with Crippen LogP contribution < -0.4 is 0 Å². The summed E-state index contributed by atoms with van der Waals surface area (Å²) >= 11 is 0. The van der Waals surface area contributed by atoms with Gasteiger partial charge in [0.1, 0.15) is 0 Å². The van der Waals surface area contributed by atoms with E-state index in [1.54, 1.807) is 0 Å². The molecule has 0 fully saturated rings. The first kappa shape index (κ1) is 9.77. The molecule has 0 bridgehead atoms. The molecule has 72 valence electrons. The fraction of sp³-hybridized carbons (Fsp3) is 0.556. The third kappa shape index (κ3) is 2.57. The maximum absolute atomic E-state index is 10.6. The monoisotopic (exact) mass is 184 g/mol. The van der Waals surface area contributed by atoms with Crippen molar-refractivity contribution in [2.45, 2.75) is 25.7 Å². The van der Waals surface area contributed by atoms with Gasteiger partial charge in [-0.3, -0.25) is 4.79 Å². The summed E-state index contributed by atoms with van der Waals surface area (Å²) < 4.78 is 0. The first-order valence-corrected chi connectivity index (χ1v) is 4.26. The Bertz CT molecular complexity index is 254. The molecule has 0 saturated heterocycles. The van der Waals surface area contributed by atoms with Gasteiger partial charge in [0.05, 0.1) is 5.92 Å². The summed E-state index contributed by atoms with van der Waals surface area (Å²) in [6.45, 7) is 0. The topological polar surface area (TPSA) is 74.6 Å². The SMILES string of the molecule is O=C(O)C1=CCC(C(=O)O)CCC1. The molecule has 0 aromatic carbocycles. The lowest BCUT2D eigenvalue weighted by molar-refractivity contribution is -0.141. The zero-order valence-corrected chi connectivity index (χ0v) is 7.19. The number of allylic oxidation sites excluding steroid dienone is 1. The van der Waals surface area contributed by atoms with E-state index in [0.717, 1.165) is 0 Å². The van der Waals surface area contributed by atoms with E-state index in [4.69, 9.17) is 10.2 Å². The van der Waals surface area contributed by atoms with E-state index >= 15 is 0 Å². The Hall–Kier alpha value is -1.32. The lowest BCUT2D eigenvalue weighted by atomic mass is 10.0. The third-order valence-electron chi connectivity index (χ3n) is 2.27. The van der Waals surface area contributed by atoms with Crippen molar-refractivity contribution < 1.29 is 19.8 Å². The largest absolute Gasteiger partial charge is 0.481 e. The predicted molar refractivity (Wildman–Crippen MR) is 45.3 cm³/mol. The normalized spacial score (nSPS) is 23.1. The van der Waals surface area contributed by atoms with Gasteiger partial charge in [-0.2, -0.15) is 0 Å². The maximum Gasteiger partial charge on any atom is 0.331 e. The number of carboxylic acids is 2. The Morgan fingerprint density at radius 1 is 1.38 bits per heavy atom. The third-order valence-corrected chi connectivity index (χ3v) is 2.27. The molecule has 0 aromatic rings. The highest BCUT2D eigenvalue weighted by molar-refractivity contribution is 5.86. The minimum Gasteiger partial charge on any atom is -0.481 e. The summed E-state index contributed by atoms with van der Waals surface area (Å²) in [5.41, 5.74) is 0.351. The molecule has 13 heavy (non-hydrogen) atoms. The van der Waals surface area contributed by atoms with E-state index in [9.17, 15) is 9.59 Å². The van der Waals surface area contributed by atoms with Gasteiger partial charge in [0.25, 0.3) is 0 Å². The lowest BCUT2D eigenvalue weighted by Crippen LogP contribution is -2.11. The van der Waals surface area contributed by atoms with Gasteiger partial charge < -0.3 is 10.2 Å². The molecule has 1 rings (SSSR count). The van der Waals surface area contributed by atoms with Gasteiger partial charge >= 0.3 is 11.9 Å². The summed E-state index contributed by atoms with van der Waals surface area (Å²) in [6, 6.07) is 0. The van der Waals surface area contributed by atoms with Crippen molar-refractivity contribution in [3.63, 3.8) is 0 Å². The minimum absolute atomic E-state index is 0.344. The van der Waals surface area contributed by atoms with E-state index in [0.29, 0.717) is 31.3 Å². The highest BCUT2D eigenvalue weighted by atomic mass is 16.4. The molecule has 0 aliphatic heterocycles. The number of hydrogen-bond acceptors (Lipinski definition) is 2. The van der Waals surface area contributed by atoms with Crippen molar-refractivity contribution >= 4 is 11.9 Å². The Labute approximate surface area is 75.9 Å². The van der Waals surface area contributed by atoms with Crippen LogP contribution in [-0.4, -0.2) is 22.2 Å². The van der Waals surface area contributed by atoms with Gasteiger partial charge in [0.2, 0.25) is 0 Å². The van der Waals surface area contributed by atoms with Crippen LogP contribution in [-0.2, 0) is 9.59 Å². The molecule has 0 spiro atoms. The van der Waals surface area contributed by atoms with Crippen LogP contribution in [0, 0.1) is 5.92 Å². The maximum atomic E-state index is 10.6. The van der Waals surface area contributed by atoms with Crippen molar-refractivity contribution in [2.24, 2.45) is 5.92 Å². The van der Waals surface area contributed by atoms with Gasteiger partial charge in [-0.15, -0.1) is 0 Å². The minimum atomic E-state index is -0.925. The molecular weight excluding hydrogens is 172 g/mol. The van der Waals surface area contributed by atoms with Crippen molar-refractivity contribution in [1.82, 2.24) is 0 Å². The number of rotatable bonds is 2. The Morgan fingerprint density at radius 2 is 2.08 bits per heavy atom. The lowest BCUT2D eigenvalue weighted by Gasteiger charge is -2.04. The number of aliphatic carboxylic acids is 2. The molecule has 0 amide bonds. The summed E-state index contributed by atoms with van der Waals surface area (Å²) in [5, 5.41) is 17.4. The fourth-order valence-electron chi connectivity index (χ4n) is 1.46. The van der Waals surface area contributed by atoms with Crippen LogP contribution in [0.4, 0.5) is 0 Å². The van der Waals surface area contributed by atoms with Crippen LogP contribution in [0.5, 0.6) is 0 Å². The van der Waals surface area contributed by atoms with Crippen LogP contribution >= 0.6 is 0 Å². The molecule has 4 nitrogen and oxygen atoms in total. The van der Waals surface area contributed by atoms with Crippen molar-refractivity contribution in [3.05, 3.63) is 11.6 Å². The molecule has 0 radical (unpaired) electrons. The summed E-state index contributed by atoms with van der Waals surface area (Å²) in [7, 11) is 0. The zero-order chi connectivity index (χ0) is 9.84. The molecule has 1 atom stereocenters. The van der Waals surface area contributed by atoms with E-state index < -0.39 is 17.9 Å². The van der Waals surface area contributed by atoms with Crippen LogP contribution in [0.2, 0.25) is 0 Å². The molecule has 0 heterocycles.